The number of fused-ring (bicyclic) bond motifs is 1. The molecule has 0 atom stereocenters. The summed E-state index contributed by atoms with van der Waals surface area (Å²) in [5.74, 6) is 0.660. The Morgan fingerprint density at radius 3 is 2.52 bits per heavy atom. The second kappa shape index (κ2) is 7.41. The third-order valence-corrected chi connectivity index (χ3v) is 3.71. The number of anilines is 1. The molecule has 21 heavy (non-hydrogen) atoms. The monoisotopic (exact) mass is 285 g/mol. The van der Waals surface area contributed by atoms with Crippen molar-refractivity contribution in [3.63, 3.8) is 0 Å². The van der Waals surface area contributed by atoms with E-state index in [-0.39, 0.29) is 0 Å². The molecule has 0 unspecified atom stereocenters. The van der Waals surface area contributed by atoms with Crippen LogP contribution in [0, 0.1) is 5.92 Å². The quantitative estimate of drug-likeness (QED) is 0.838. The van der Waals surface area contributed by atoms with Crippen molar-refractivity contribution in [3.05, 3.63) is 36.0 Å². The molecule has 0 saturated heterocycles. The molecule has 0 amide bonds. The van der Waals surface area contributed by atoms with Crippen LogP contribution in [0.1, 0.15) is 33.4 Å². The molecule has 1 N–H and O–H groups in total. The second-order valence-corrected chi connectivity index (χ2v) is 5.85. The number of nitrogens with one attached hydrogen (secondary N) is 1. The summed E-state index contributed by atoms with van der Waals surface area (Å²) in [7, 11) is 0. The van der Waals surface area contributed by atoms with Crippen LogP contribution in [-0.4, -0.2) is 24.6 Å². The summed E-state index contributed by atoms with van der Waals surface area (Å²) in [5.41, 5.74) is 3.51. The lowest BCUT2D eigenvalue weighted by Gasteiger charge is -2.23. The van der Waals surface area contributed by atoms with E-state index in [2.05, 4.69) is 68.2 Å². The number of rotatable bonds is 7. The van der Waals surface area contributed by atoms with E-state index in [4.69, 9.17) is 4.98 Å². The van der Waals surface area contributed by atoms with Gasteiger partial charge >= 0.3 is 0 Å². The van der Waals surface area contributed by atoms with Crippen LogP contribution >= 0.6 is 0 Å². The molecular weight excluding hydrogens is 258 g/mol. The fraction of sp³-hybridized carbons (Fsp3) is 0.500. The average Bonchev–Trinajstić information content (AvgIpc) is 2.48. The number of nitrogens with zero attached hydrogens (tertiary/aromatic N) is 2. The van der Waals surface area contributed by atoms with Gasteiger partial charge in [0.25, 0.3) is 0 Å². The van der Waals surface area contributed by atoms with Gasteiger partial charge < -0.3 is 10.2 Å². The highest BCUT2D eigenvalue weighted by molar-refractivity contribution is 5.91. The van der Waals surface area contributed by atoms with Crippen molar-refractivity contribution in [1.29, 1.82) is 0 Å². The van der Waals surface area contributed by atoms with Crippen LogP contribution in [0.2, 0.25) is 0 Å². The Morgan fingerprint density at radius 2 is 1.86 bits per heavy atom. The lowest BCUT2D eigenvalue weighted by molar-refractivity contribution is 0.549. The van der Waals surface area contributed by atoms with E-state index in [9.17, 15) is 0 Å². The Morgan fingerprint density at radius 1 is 1.14 bits per heavy atom. The Bertz CT molecular complexity index is 574. The van der Waals surface area contributed by atoms with Gasteiger partial charge in [-0.1, -0.05) is 32.0 Å². The zero-order valence-corrected chi connectivity index (χ0v) is 13.7. The van der Waals surface area contributed by atoms with E-state index in [1.807, 2.05) is 0 Å². The Balaban J connectivity index is 2.35. The standard InChI is InChI=1S/C18H27N3/c1-5-21(6-2)18-11-15(13-19-12-14(3)4)20-17-10-8-7-9-16(17)18/h7-11,14,19H,5-6,12-13H2,1-4H3. The molecule has 1 aromatic heterocycles. The summed E-state index contributed by atoms with van der Waals surface area (Å²) < 4.78 is 0. The van der Waals surface area contributed by atoms with Crippen LogP contribution in [0.3, 0.4) is 0 Å². The van der Waals surface area contributed by atoms with Crippen molar-refractivity contribution < 1.29 is 0 Å². The molecular formula is C18H27N3. The smallest absolute Gasteiger partial charge is 0.0726 e. The third-order valence-electron chi connectivity index (χ3n) is 3.71. The minimum absolute atomic E-state index is 0.660. The van der Waals surface area contributed by atoms with Crippen molar-refractivity contribution in [2.45, 2.75) is 34.2 Å². The molecule has 0 aliphatic rings. The SMILES string of the molecule is CCN(CC)c1cc(CNCC(C)C)nc2ccccc12. The molecule has 0 bridgehead atoms. The summed E-state index contributed by atoms with van der Waals surface area (Å²) in [4.78, 5) is 7.19. The molecule has 1 heterocycles. The van der Waals surface area contributed by atoms with Gasteiger partial charge in [0.05, 0.1) is 11.2 Å². The lowest BCUT2D eigenvalue weighted by atomic mass is 10.1. The highest BCUT2D eigenvalue weighted by Gasteiger charge is 2.10. The predicted molar refractivity (Wildman–Crippen MR) is 91.8 cm³/mol. The van der Waals surface area contributed by atoms with Crippen molar-refractivity contribution in [2.75, 3.05) is 24.5 Å². The summed E-state index contributed by atoms with van der Waals surface area (Å²) in [5, 5.41) is 4.73. The first-order valence-corrected chi connectivity index (χ1v) is 8.00. The van der Waals surface area contributed by atoms with E-state index in [1.165, 1.54) is 11.1 Å². The minimum Gasteiger partial charge on any atom is -0.371 e. The first-order chi connectivity index (χ1) is 10.2. The molecule has 0 radical (unpaired) electrons. The summed E-state index contributed by atoms with van der Waals surface area (Å²) in [6.45, 7) is 12.7. The van der Waals surface area contributed by atoms with Gasteiger partial charge in [0.1, 0.15) is 0 Å². The van der Waals surface area contributed by atoms with Gasteiger partial charge in [-0.2, -0.15) is 0 Å². The molecule has 3 heteroatoms. The topological polar surface area (TPSA) is 28.2 Å². The maximum atomic E-state index is 4.79. The molecule has 2 aromatic rings. The normalized spacial score (nSPS) is 11.3. The van der Waals surface area contributed by atoms with Gasteiger partial charge in [-0.05, 0) is 38.4 Å². The number of benzene rings is 1. The van der Waals surface area contributed by atoms with Gasteiger partial charge in [0, 0.05) is 30.7 Å². The van der Waals surface area contributed by atoms with Gasteiger partial charge in [-0.3, -0.25) is 4.98 Å². The largest absolute Gasteiger partial charge is 0.371 e. The number of para-hydroxylation sites is 1. The number of hydrogen-bond donors (Lipinski definition) is 1. The number of aromatic nitrogens is 1. The fourth-order valence-electron chi connectivity index (χ4n) is 2.62. The van der Waals surface area contributed by atoms with Gasteiger partial charge in [0.15, 0.2) is 0 Å². The van der Waals surface area contributed by atoms with Crippen molar-refractivity contribution >= 4 is 16.6 Å². The molecule has 0 spiro atoms. The van der Waals surface area contributed by atoms with Crippen LogP contribution < -0.4 is 10.2 Å². The predicted octanol–water partition coefficient (Wildman–Crippen LogP) is 3.83. The molecule has 0 fully saturated rings. The maximum Gasteiger partial charge on any atom is 0.0726 e. The average molecular weight is 285 g/mol. The molecule has 114 valence electrons. The lowest BCUT2D eigenvalue weighted by Crippen LogP contribution is -2.23. The Labute approximate surface area is 128 Å². The van der Waals surface area contributed by atoms with Crippen LogP contribution in [-0.2, 0) is 6.54 Å². The van der Waals surface area contributed by atoms with Crippen molar-refractivity contribution in [3.8, 4) is 0 Å². The van der Waals surface area contributed by atoms with E-state index in [1.54, 1.807) is 0 Å². The summed E-state index contributed by atoms with van der Waals surface area (Å²) in [6.07, 6.45) is 0. The van der Waals surface area contributed by atoms with Gasteiger partial charge in [0.2, 0.25) is 0 Å². The van der Waals surface area contributed by atoms with Crippen LogP contribution in [0.5, 0.6) is 0 Å². The van der Waals surface area contributed by atoms with Crippen LogP contribution in [0.4, 0.5) is 5.69 Å². The Hall–Kier alpha value is -1.61. The van der Waals surface area contributed by atoms with Gasteiger partial charge in [-0.15, -0.1) is 0 Å². The zero-order chi connectivity index (χ0) is 15.2. The van der Waals surface area contributed by atoms with Crippen LogP contribution in [0.25, 0.3) is 10.9 Å². The van der Waals surface area contributed by atoms with E-state index >= 15 is 0 Å². The molecule has 0 saturated carbocycles. The Kier molecular flexibility index (Phi) is 5.57. The summed E-state index contributed by atoms with van der Waals surface area (Å²) >= 11 is 0. The van der Waals surface area contributed by atoms with Gasteiger partial charge in [-0.25, -0.2) is 0 Å². The first-order valence-electron chi connectivity index (χ1n) is 8.00. The highest BCUT2D eigenvalue weighted by Crippen LogP contribution is 2.26. The van der Waals surface area contributed by atoms with E-state index < -0.39 is 0 Å². The van der Waals surface area contributed by atoms with E-state index in [0.717, 1.165) is 37.4 Å². The second-order valence-electron chi connectivity index (χ2n) is 5.85. The molecule has 3 nitrogen and oxygen atoms in total. The maximum absolute atomic E-state index is 4.79. The molecule has 2 rings (SSSR count). The first kappa shape index (κ1) is 15.8. The van der Waals surface area contributed by atoms with Crippen LogP contribution in [0.15, 0.2) is 30.3 Å². The van der Waals surface area contributed by atoms with E-state index in [0.29, 0.717) is 5.92 Å². The number of hydrogen-bond acceptors (Lipinski definition) is 3. The fourth-order valence-corrected chi connectivity index (χ4v) is 2.62. The zero-order valence-electron chi connectivity index (χ0n) is 13.7. The summed E-state index contributed by atoms with van der Waals surface area (Å²) in [6, 6.07) is 10.7. The van der Waals surface area contributed by atoms with Crippen molar-refractivity contribution in [2.24, 2.45) is 5.92 Å². The molecule has 0 aliphatic heterocycles. The molecule has 0 aliphatic carbocycles. The highest BCUT2D eigenvalue weighted by atomic mass is 15.1. The number of pyridine rings is 1. The third kappa shape index (κ3) is 3.94. The molecule has 1 aromatic carbocycles. The van der Waals surface area contributed by atoms with Crippen molar-refractivity contribution in [1.82, 2.24) is 10.3 Å². The minimum atomic E-state index is 0.660.